The van der Waals surface area contributed by atoms with Crippen LogP contribution < -0.4 is 0 Å². The summed E-state index contributed by atoms with van der Waals surface area (Å²) in [6, 6.07) is 2.18. The van der Waals surface area contributed by atoms with Gasteiger partial charge in [-0.1, -0.05) is 6.08 Å². The minimum Gasteiger partial charge on any atom is -0.291 e. The summed E-state index contributed by atoms with van der Waals surface area (Å²) in [7, 11) is 0. The molecule has 0 atom stereocenters. The molecule has 0 aliphatic heterocycles. The quantitative estimate of drug-likeness (QED) is 0.809. The van der Waals surface area contributed by atoms with Crippen molar-refractivity contribution >= 4 is 11.3 Å². The van der Waals surface area contributed by atoms with Crippen LogP contribution in [-0.2, 0) is 13.1 Å². The predicted molar refractivity (Wildman–Crippen MR) is 76.7 cm³/mol. The first kappa shape index (κ1) is 13.1. The average molecular weight is 261 g/mol. The van der Waals surface area contributed by atoms with Crippen LogP contribution in [0.25, 0.3) is 0 Å². The van der Waals surface area contributed by atoms with E-state index in [-0.39, 0.29) is 0 Å². The van der Waals surface area contributed by atoms with Gasteiger partial charge in [0.1, 0.15) is 0 Å². The summed E-state index contributed by atoms with van der Waals surface area (Å²) in [6.45, 7) is 10.7. The zero-order chi connectivity index (χ0) is 13.0. The lowest BCUT2D eigenvalue weighted by atomic mass is 10.1. The second-order valence-corrected chi connectivity index (χ2v) is 5.28. The number of rotatable bonds is 6. The van der Waals surface area contributed by atoms with Gasteiger partial charge in [-0.2, -0.15) is 16.4 Å². The molecule has 2 rings (SSSR count). The van der Waals surface area contributed by atoms with Crippen LogP contribution in [0.2, 0.25) is 0 Å². The highest BCUT2D eigenvalue weighted by Gasteiger charge is 2.11. The molecule has 0 unspecified atom stereocenters. The summed E-state index contributed by atoms with van der Waals surface area (Å²) in [5.41, 5.74) is 4.91. The molecule has 0 fully saturated rings. The molecule has 0 saturated heterocycles. The molecule has 0 aliphatic carbocycles. The Bertz CT molecular complexity index is 480. The van der Waals surface area contributed by atoms with Crippen molar-refractivity contribution < 1.29 is 0 Å². The third kappa shape index (κ3) is 3.09. The zero-order valence-corrected chi connectivity index (χ0v) is 11.8. The molecular weight excluding hydrogens is 242 g/mol. The number of aromatic nitrogens is 2. The largest absolute Gasteiger partial charge is 0.291 e. The summed E-state index contributed by atoms with van der Waals surface area (Å²) in [4.78, 5) is 2.37. The van der Waals surface area contributed by atoms with Crippen molar-refractivity contribution in [2.75, 3.05) is 6.54 Å². The number of nitrogens with zero attached hydrogens (tertiary/aromatic N) is 2. The third-order valence-electron chi connectivity index (χ3n) is 3.04. The number of thiophene rings is 1. The molecule has 1 N–H and O–H groups in total. The van der Waals surface area contributed by atoms with Crippen molar-refractivity contribution in [1.82, 2.24) is 15.1 Å². The summed E-state index contributed by atoms with van der Waals surface area (Å²) in [5.74, 6) is 0. The smallest absolute Gasteiger partial charge is 0.0639 e. The molecule has 0 aliphatic rings. The summed E-state index contributed by atoms with van der Waals surface area (Å²) in [5, 5.41) is 11.6. The highest BCUT2D eigenvalue weighted by Crippen LogP contribution is 2.16. The van der Waals surface area contributed by atoms with Gasteiger partial charge >= 0.3 is 0 Å². The van der Waals surface area contributed by atoms with Gasteiger partial charge in [0.25, 0.3) is 0 Å². The maximum absolute atomic E-state index is 4.25. The Morgan fingerprint density at radius 2 is 2.28 bits per heavy atom. The molecule has 0 spiro atoms. The average Bonchev–Trinajstić information content (AvgIpc) is 2.94. The normalized spacial score (nSPS) is 11.1. The third-order valence-corrected chi connectivity index (χ3v) is 3.77. The van der Waals surface area contributed by atoms with Gasteiger partial charge in [0.05, 0.1) is 5.69 Å². The molecule has 2 heterocycles. The van der Waals surface area contributed by atoms with Crippen LogP contribution >= 0.6 is 11.3 Å². The van der Waals surface area contributed by atoms with E-state index in [1.807, 2.05) is 6.08 Å². The van der Waals surface area contributed by atoms with E-state index in [2.05, 4.69) is 52.4 Å². The van der Waals surface area contributed by atoms with Crippen LogP contribution in [0.3, 0.4) is 0 Å². The molecule has 96 valence electrons. The van der Waals surface area contributed by atoms with Gasteiger partial charge in [0.15, 0.2) is 0 Å². The van der Waals surface area contributed by atoms with E-state index in [4.69, 9.17) is 0 Å². The Hall–Kier alpha value is -1.39. The lowest BCUT2D eigenvalue weighted by Crippen LogP contribution is -2.23. The van der Waals surface area contributed by atoms with Gasteiger partial charge in [-0.25, -0.2) is 0 Å². The van der Waals surface area contributed by atoms with Gasteiger partial charge < -0.3 is 0 Å². The number of nitrogens with one attached hydrogen (secondary N) is 1. The Balaban J connectivity index is 2.08. The van der Waals surface area contributed by atoms with Crippen LogP contribution in [0.1, 0.15) is 22.5 Å². The minimum atomic E-state index is 0.889. The predicted octanol–water partition coefficient (Wildman–Crippen LogP) is 3.28. The van der Waals surface area contributed by atoms with Crippen molar-refractivity contribution in [3.05, 3.63) is 52.0 Å². The molecule has 4 heteroatoms. The zero-order valence-electron chi connectivity index (χ0n) is 10.9. The van der Waals surface area contributed by atoms with E-state index in [9.17, 15) is 0 Å². The Morgan fingerprint density at radius 3 is 2.83 bits per heavy atom. The minimum absolute atomic E-state index is 0.889. The maximum Gasteiger partial charge on any atom is 0.0639 e. The molecule has 3 nitrogen and oxygen atoms in total. The van der Waals surface area contributed by atoms with Gasteiger partial charge in [0.2, 0.25) is 0 Å². The van der Waals surface area contributed by atoms with E-state index >= 15 is 0 Å². The Morgan fingerprint density at radius 1 is 1.44 bits per heavy atom. The van der Waals surface area contributed by atoms with Crippen molar-refractivity contribution in [1.29, 1.82) is 0 Å². The van der Waals surface area contributed by atoms with E-state index < -0.39 is 0 Å². The molecule has 0 radical (unpaired) electrons. The van der Waals surface area contributed by atoms with Gasteiger partial charge in [-0.15, -0.1) is 6.58 Å². The SMILES string of the molecule is C=CCN(Cc1ccsc1)Cc1c(C)n[nH]c1C. The van der Waals surface area contributed by atoms with E-state index in [1.54, 1.807) is 11.3 Å². The fourth-order valence-corrected chi connectivity index (χ4v) is 2.70. The van der Waals surface area contributed by atoms with E-state index in [0.717, 1.165) is 31.0 Å². The molecular formula is C14H19N3S. The van der Waals surface area contributed by atoms with Crippen molar-refractivity contribution in [3.63, 3.8) is 0 Å². The lowest BCUT2D eigenvalue weighted by Gasteiger charge is -2.20. The van der Waals surface area contributed by atoms with Gasteiger partial charge in [-0.3, -0.25) is 10.00 Å². The highest BCUT2D eigenvalue weighted by atomic mass is 32.1. The first-order valence-corrected chi connectivity index (χ1v) is 6.99. The molecule has 2 aromatic rings. The van der Waals surface area contributed by atoms with E-state index in [1.165, 1.54) is 11.1 Å². The Labute approximate surface area is 112 Å². The lowest BCUT2D eigenvalue weighted by molar-refractivity contribution is 0.285. The van der Waals surface area contributed by atoms with E-state index in [0.29, 0.717) is 0 Å². The van der Waals surface area contributed by atoms with Crippen LogP contribution in [0, 0.1) is 13.8 Å². The fraction of sp³-hybridized carbons (Fsp3) is 0.357. The van der Waals surface area contributed by atoms with Crippen molar-refractivity contribution in [2.24, 2.45) is 0 Å². The number of hydrogen-bond acceptors (Lipinski definition) is 3. The van der Waals surface area contributed by atoms with Gasteiger partial charge in [0, 0.05) is 30.9 Å². The molecule has 18 heavy (non-hydrogen) atoms. The monoisotopic (exact) mass is 261 g/mol. The fourth-order valence-electron chi connectivity index (χ4n) is 2.04. The first-order valence-electron chi connectivity index (χ1n) is 6.05. The molecule has 0 amide bonds. The number of aryl methyl sites for hydroxylation is 2. The first-order chi connectivity index (χ1) is 8.70. The standard InChI is InChI=1S/C14H19N3S/c1-4-6-17(8-13-5-7-18-10-13)9-14-11(2)15-16-12(14)3/h4-5,7,10H,1,6,8-9H2,2-3H3,(H,15,16). The molecule has 2 aromatic heterocycles. The second-order valence-electron chi connectivity index (χ2n) is 4.50. The van der Waals surface area contributed by atoms with Crippen LogP contribution in [0.4, 0.5) is 0 Å². The Kier molecular flexibility index (Phi) is 4.33. The molecule has 0 bridgehead atoms. The summed E-state index contributed by atoms with van der Waals surface area (Å²) in [6.07, 6.45) is 1.96. The van der Waals surface area contributed by atoms with Crippen LogP contribution in [0.5, 0.6) is 0 Å². The maximum atomic E-state index is 4.25. The van der Waals surface area contributed by atoms with Crippen molar-refractivity contribution in [2.45, 2.75) is 26.9 Å². The summed E-state index contributed by atoms with van der Waals surface area (Å²) >= 11 is 1.74. The highest BCUT2D eigenvalue weighted by molar-refractivity contribution is 7.07. The van der Waals surface area contributed by atoms with Crippen LogP contribution in [0.15, 0.2) is 29.5 Å². The van der Waals surface area contributed by atoms with Gasteiger partial charge in [-0.05, 0) is 36.2 Å². The molecule has 0 aromatic carbocycles. The summed E-state index contributed by atoms with van der Waals surface area (Å²) < 4.78 is 0. The number of H-pyrrole nitrogens is 1. The molecule has 0 saturated carbocycles. The number of hydrogen-bond donors (Lipinski definition) is 1. The topological polar surface area (TPSA) is 31.9 Å². The van der Waals surface area contributed by atoms with Crippen LogP contribution in [-0.4, -0.2) is 21.6 Å². The second kappa shape index (κ2) is 5.98. The number of aromatic amines is 1. The van der Waals surface area contributed by atoms with Crippen molar-refractivity contribution in [3.8, 4) is 0 Å².